The molecule has 2 N–H and O–H groups in total. The first-order valence-electron chi connectivity index (χ1n) is 7.73. The maximum atomic E-state index is 11.4. The summed E-state index contributed by atoms with van der Waals surface area (Å²) in [4.78, 5) is 14.2. The Bertz CT molecular complexity index is 843. The minimum Gasteiger partial charge on any atom is -0.394 e. The van der Waals surface area contributed by atoms with Gasteiger partial charge in [-0.25, -0.2) is 0 Å². The van der Waals surface area contributed by atoms with Crippen LogP contribution in [0.5, 0.6) is 0 Å². The van der Waals surface area contributed by atoms with Gasteiger partial charge in [0.1, 0.15) is 5.52 Å². The van der Waals surface area contributed by atoms with Crippen LogP contribution in [0.15, 0.2) is 48.5 Å². The Kier molecular flexibility index (Phi) is 4.88. The minimum absolute atomic E-state index is 0.0303. The summed E-state index contributed by atoms with van der Waals surface area (Å²) in [5, 5.41) is 20.9. The molecule has 6 heteroatoms. The van der Waals surface area contributed by atoms with Crippen molar-refractivity contribution in [1.29, 1.82) is 0 Å². The minimum atomic E-state index is -0.369. The molecule has 24 heavy (non-hydrogen) atoms. The van der Waals surface area contributed by atoms with Gasteiger partial charge in [0.2, 0.25) is 0 Å². The van der Waals surface area contributed by atoms with Gasteiger partial charge in [0.15, 0.2) is 0 Å². The summed E-state index contributed by atoms with van der Waals surface area (Å²) in [6.07, 6.45) is 0.558. The van der Waals surface area contributed by atoms with Crippen LogP contribution in [0.3, 0.4) is 0 Å². The molecule has 3 aromatic rings. The molecule has 0 aliphatic rings. The third kappa shape index (κ3) is 3.45. The van der Waals surface area contributed by atoms with E-state index in [1.165, 1.54) is 0 Å². The smallest absolute Gasteiger partial charge is 0.293 e. The second-order valence-electron chi connectivity index (χ2n) is 5.47. The van der Waals surface area contributed by atoms with Crippen LogP contribution < -0.4 is 0 Å². The fourth-order valence-corrected chi connectivity index (χ4v) is 2.70. The number of aliphatic hydroxyl groups is 1. The van der Waals surface area contributed by atoms with Crippen LogP contribution in [0.4, 0.5) is 5.69 Å². The lowest BCUT2D eigenvalue weighted by Crippen LogP contribution is -2.03. The van der Waals surface area contributed by atoms with E-state index in [-0.39, 0.29) is 23.8 Å². The Morgan fingerprint density at radius 2 is 1.92 bits per heavy atom. The van der Waals surface area contributed by atoms with E-state index in [0.717, 1.165) is 22.2 Å². The summed E-state index contributed by atoms with van der Waals surface area (Å²) < 4.78 is 5.25. The van der Waals surface area contributed by atoms with E-state index >= 15 is 0 Å². The van der Waals surface area contributed by atoms with Crippen molar-refractivity contribution in [3.05, 3.63) is 64.2 Å². The molecule has 0 atom stereocenters. The van der Waals surface area contributed by atoms with Gasteiger partial charge in [-0.3, -0.25) is 10.1 Å². The van der Waals surface area contributed by atoms with Crippen LogP contribution in [-0.4, -0.2) is 34.8 Å². The van der Waals surface area contributed by atoms with Crippen LogP contribution in [-0.2, 0) is 11.2 Å². The van der Waals surface area contributed by atoms with Gasteiger partial charge in [-0.05, 0) is 29.7 Å². The molecule has 0 saturated carbocycles. The number of aromatic nitrogens is 1. The molecule has 1 heterocycles. The first-order valence-corrected chi connectivity index (χ1v) is 7.73. The summed E-state index contributed by atoms with van der Waals surface area (Å²) >= 11 is 0. The maximum absolute atomic E-state index is 11.4. The molecule has 0 bridgehead atoms. The maximum Gasteiger partial charge on any atom is 0.293 e. The van der Waals surface area contributed by atoms with Gasteiger partial charge >= 0.3 is 0 Å². The van der Waals surface area contributed by atoms with Crippen LogP contribution >= 0.6 is 0 Å². The van der Waals surface area contributed by atoms with E-state index in [2.05, 4.69) is 4.98 Å². The highest BCUT2D eigenvalue weighted by molar-refractivity contribution is 5.93. The van der Waals surface area contributed by atoms with E-state index < -0.39 is 0 Å². The monoisotopic (exact) mass is 326 g/mol. The Hall–Kier alpha value is -2.70. The van der Waals surface area contributed by atoms with Gasteiger partial charge in [-0.1, -0.05) is 30.3 Å². The third-order valence-electron chi connectivity index (χ3n) is 3.82. The number of aromatic amines is 1. The van der Waals surface area contributed by atoms with Gasteiger partial charge < -0.3 is 14.8 Å². The summed E-state index contributed by atoms with van der Waals surface area (Å²) in [5.41, 5.74) is 3.26. The Morgan fingerprint density at radius 1 is 1.12 bits per heavy atom. The van der Waals surface area contributed by atoms with Crippen molar-refractivity contribution in [1.82, 2.24) is 4.98 Å². The predicted octanol–water partition coefficient (Wildman–Crippen LogP) is 3.29. The lowest BCUT2D eigenvalue weighted by molar-refractivity contribution is -0.383. The number of hydrogen-bond acceptors (Lipinski definition) is 4. The van der Waals surface area contributed by atoms with Crippen molar-refractivity contribution in [2.45, 2.75) is 6.42 Å². The topological polar surface area (TPSA) is 88.4 Å². The van der Waals surface area contributed by atoms with Crippen molar-refractivity contribution in [3.8, 4) is 11.3 Å². The first-order chi connectivity index (χ1) is 11.7. The molecule has 0 unspecified atom stereocenters. The number of nitrogens with zero attached hydrogens (tertiary/aromatic N) is 1. The van der Waals surface area contributed by atoms with E-state index in [4.69, 9.17) is 9.84 Å². The van der Waals surface area contributed by atoms with E-state index in [1.807, 2.05) is 42.5 Å². The van der Waals surface area contributed by atoms with Gasteiger partial charge in [-0.15, -0.1) is 0 Å². The molecule has 3 rings (SSSR count). The molecule has 6 nitrogen and oxygen atoms in total. The number of fused-ring (bicyclic) bond motifs is 1. The molecule has 0 aliphatic carbocycles. The molecule has 0 spiro atoms. The second-order valence-corrected chi connectivity index (χ2v) is 5.47. The molecular weight excluding hydrogens is 308 g/mol. The molecule has 0 aliphatic heterocycles. The van der Waals surface area contributed by atoms with Gasteiger partial charge in [0.25, 0.3) is 5.69 Å². The Balaban J connectivity index is 1.97. The number of nitrogens with one attached hydrogen (secondary N) is 1. The predicted molar refractivity (Wildman–Crippen MR) is 92.0 cm³/mol. The first kappa shape index (κ1) is 16.2. The average molecular weight is 326 g/mol. The summed E-state index contributed by atoms with van der Waals surface area (Å²) in [7, 11) is 0. The van der Waals surface area contributed by atoms with E-state index in [1.54, 1.807) is 6.07 Å². The van der Waals surface area contributed by atoms with Crippen LogP contribution in [0.25, 0.3) is 22.2 Å². The normalized spacial score (nSPS) is 11.0. The van der Waals surface area contributed by atoms with Crippen LogP contribution in [0.2, 0.25) is 0 Å². The average Bonchev–Trinajstić information content (AvgIpc) is 3.02. The number of benzene rings is 2. The molecule has 0 radical (unpaired) electrons. The molecular formula is C18H18N2O4. The van der Waals surface area contributed by atoms with E-state index in [0.29, 0.717) is 18.5 Å². The van der Waals surface area contributed by atoms with E-state index in [9.17, 15) is 10.1 Å². The highest BCUT2D eigenvalue weighted by Gasteiger charge is 2.17. The summed E-state index contributed by atoms with van der Waals surface area (Å²) in [6, 6.07) is 15.1. The molecule has 0 fully saturated rings. The van der Waals surface area contributed by atoms with Crippen molar-refractivity contribution in [2.75, 3.05) is 19.8 Å². The fraction of sp³-hybridized carbons (Fsp3) is 0.222. The van der Waals surface area contributed by atoms with Crippen LogP contribution in [0, 0.1) is 10.1 Å². The summed E-state index contributed by atoms with van der Waals surface area (Å²) in [6.45, 7) is 0.656. The quantitative estimate of drug-likeness (QED) is 0.396. The van der Waals surface area contributed by atoms with Crippen molar-refractivity contribution >= 4 is 16.6 Å². The Morgan fingerprint density at radius 3 is 2.62 bits per heavy atom. The van der Waals surface area contributed by atoms with Crippen molar-refractivity contribution < 1.29 is 14.8 Å². The highest BCUT2D eigenvalue weighted by Crippen LogP contribution is 2.31. The zero-order chi connectivity index (χ0) is 16.9. The number of nitro groups is 1. The zero-order valence-corrected chi connectivity index (χ0v) is 13.1. The number of non-ortho nitro benzene ring substituents is 1. The molecule has 0 amide bonds. The largest absolute Gasteiger partial charge is 0.394 e. The zero-order valence-electron chi connectivity index (χ0n) is 13.1. The van der Waals surface area contributed by atoms with Gasteiger partial charge in [0.05, 0.1) is 24.7 Å². The van der Waals surface area contributed by atoms with Gasteiger partial charge in [0, 0.05) is 17.1 Å². The van der Waals surface area contributed by atoms with Crippen molar-refractivity contribution in [2.24, 2.45) is 0 Å². The lowest BCUT2D eigenvalue weighted by Gasteiger charge is -2.04. The number of nitro benzene ring substituents is 1. The Labute approximate surface area is 138 Å². The highest BCUT2D eigenvalue weighted by atomic mass is 16.6. The number of H-pyrrole nitrogens is 1. The number of aliphatic hydroxyl groups excluding tert-OH is 1. The molecule has 2 aromatic carbocycles. The van der Waals surface area contributed by atoms with Gasteiger partial charge in [-0.2, -0.15) is 0 Å². The summed E-state index contributed by atoms with van der Waals surface area (Å²) in [5.74, 6) is 0. The number of ether oxygens (including phenoxy) is 1. The molecule has 0 saturated heterocycles. The van der Waals surface area contributed by atoms with Crippen LogP contribution in [0.1, 0.15) is 5.56 Å². The second kappa shape index (κ2) is 7.25. The molecule has 1 aromatic heterocycles. The molecule has 124 valence electrons. The number of rotatable bonds is 7. The fourth-order valence-electron chi connectivity index (χ4n) is 2.70. The van der Waals surface area contributed by atoms with Crippen molar-refractivity contribution in [3.63, 3.8) is 0 Å². The third-order valence-corrected chi connectivity index (χ3v) is 3.82. The standard InChI is InChI=1S/C18H18N2O4/c21-7-9-24-8-6-13-10-15-12-16(14-4-2-1-3-5-14)19-18(15)17(11-13)20(22)23/h1-5,10-12,19,21H,6-9H2. The lowest BCUT2D eigenvalue weighted by atomic mass is 10.1. The SMILES string of the molecule is O=[N+]([O-])c1cc(CCOCCO)cc2cc(-c3ccccc3)[nH]c12. The number of hydrogen-bond donors (Lipinski definition) is 2.